The lowest BCUT2D eigenvalue weighted by atomic mass is 9.69. The molecule has 3 aromatic rings. The summed E-state index contributed by atoms with van der Waals surface area (Å²) in [6.07, 6.45) is 6.60. The number of methoxy groups -OCH3 is 1. The number of nitrogens with zero attached hydrogens (tertiary/aromatic N) is 5. The number of halogens is 1. The van der Waals surface area contributed by atoms with Crippen molar-refractivity contribution in [3.63, 3.8) is 0 Å². The largest absolute Gasteiger partial charge is 0.384 e. The van der Waals surface area contributed by atoms with E-state index in [0.29, 0.717) is 32.5 Å². The first kappa shape index (κ1) is 25.2. The van der Waals surface area contributed by atoms with E-state index in [1.54, 1.807) is 35.7 Å². The predicted molar refractivity (Wildman–Crippen MR) is 142 cm³/mol. The van der Waals surface area contributed by atoms with Crippen LogP contribution in [0.15, 0.2) is 59.3 Å². The number of aromatic nitrogens is 3. The highest BCUT2D eigenvalue weighted by atomic mass is 32.2. The van der Waals surface area contributed by atoms with Gasteiger partial charge in [0.2, 0.25) is 10.0 Å². The van der Waals surface area contributed by atoms with Crippen molar-refractivity contribution >= 4 is 21.9 Å². The fraction of sp³-hybridized carbons (Fsp3) is 0.407. The van der Waals surface area contributed by atoms with E-state index in [9.17, 15) is 12.8 Å². The first-order chi connectivity index (χ1) is 18.4. The topological polar surface area (TPSA) is 92.6 Å². The molecule has 2 saturated heterocycles. The maximum atomic E-state index is 13.7. The Balaban J connectivity index is 1.27. The van der Waals surface area contributed by atoms with E-state index < -0.39 is 15.4 Å². The number of piperazine rings is 1. The Labute approximate surface area is 222 Å². The lowest BCUT2D eigenvalue weighted by molar-refractivity contribution is 0.0733. The smallest absolute Gasteiger partial charge is 0.244 e. The molecule has 3 aliphatic rings. The zero-order valence-electron chi connectivity index (χ0n) is 21.3. The van der Waals surface area contributed by atoms with Gasteiger partial charge in [0, 0.05) is 58.0 Å². The normalized spacial score (nSPS) is 22.1. The Morgan fingerprint density at radius 2 is 1.87 bits per heavy atom. The minimum atomic E-state index is -3.73. The number of nitrogens with one attached hydrogen (secondary N) is 1. The molecule has 2 aliphatic heterocycles. The van der Waals surface area contributed by atoms with E-state index in [4.69, 9.17) is 4.74 Å². The van der Waals surface area contributed by atoms with Crippen LogP contribution in [0, 0.1) is 11.2 Å². The summed E-state index contributed by atoms with van der Waals surface area (Å²) >= 11 is 0. The number of hydrogen-bond donors (Lipinski definition) is 1. The molecule has 1 atom stereocenters. The second-order valence-corrected chi connectivity index (χ2v) is 12.1. The summed E-state index contributed by atoms with van der Waals surface area (Å²) in [5, 5.41) is 7.88. The van der Waals surface area contributed by atoms with Crippen molar-refractivity contribution in [2.75, 3.05) is 57.9 Å². The van der Waals surface area contributed by atoms with Crippen LogP contribution in [0.1, 0.15) is 17.7 Å². The Hall–Kier alpha value is -3.12. The molecule has 1 aromatic carbocycles. The molecular formula is C27H31FN6O3S. The van der Waals surface area contributed by atoms with Crippen LogP contribution >= 0.6 is 0 Å². The van der Waals surface area contributed by atoms with Crippen LogP contribution in [0.2, 0.25) is 0 Å². The summed E-state index contributed by atoms with van der Waals surface area (Å²) in [7, 11) is -2.09. The van der Waals surface area contributed by atoms with Gasteiger partial charge in [0.15, 0.2) is 0 Å². The first-order valence-corrected chi connectivity index (χ1v) is 14.3. The van der Waals surface area contributed by atoms with Crippen LogP contribution in [0.3, 0.4) is 0 Å². The molecular weight excluding hydrogens is 507 g/mol. The van der Waals surface area contributed by atoms with Crippen molar-refractivity contribution in [1.82, 2.24) is 24.4 Å². The van der Waals surface area contributed by atoms with Gasteiger partial charge in [-0.2, -0.15) is 9.40 Å². The van der Waals surface area contributed by atoms with Gasteiger partial charge in [-0.05, 0) is 60.9 Å². The fourth-order valence-electron chi connectivity index (χ4n) is 5.85. The van der Waals surface area contributed by atoms with Crippen LogP contribution in [-0.2, 0) is 21.2 Å². The maximum Gasteiger partial charge on any atom is 0.244 e. The minimum Gasteiger partial charge on any atom is -0.384 e. The van der Waals surface area contributed by atoms with E-state index in [2.05, 4.69) is 26.4 Å². The predicted octanol–water partition coefficient (Wildman–Crippen LogP) is 2.48. The van der Waals surface area contributed by atoms with E-state index >= 15 is 0 Å². The van der Waals surface area contributed by atoms with Gasteiger partial charge < -0.3 is 15.0 Å². The van der Waals surface area contributed by atoms with Crippen LogP contribution in [-0.4, -0.2) is 80.5 Å². The van der Waals surface area contributed by atoms with Crippen molar-refractivity contribution in [2.45, 2.75) is 17.7 Å². The summed E-state index contributed by atoms with van der Waals surface area (Å²) in [6, 6.07) is 9.71. The number of sulfonamides is 1. The summed E-state index contributed by atoms with van der Waals surface area (Å²) < 4.78 is 49.9. The van der Waals surface area contributed by atoms with Gasteiger partial charge in [-0.25, -0.2) is 22.5 Å². The number of ether oxygens (including phenoxy) is 1. The number of anilines is 1. The molecule has 11 heteroatoms. The summed E-state index contributed by atoms with van der Waals surface area (Å²) in [6.45, 7) is 4.55. The Kier molecular flexibility index (Phi) is 6.55. The van der Waals surface area contributed by atoms with Crippen LogP contribution in [0.25, 0.3) is 11.8 Å². The van der Waals surface area contributed by atoms with Crippen molar-refractivity contribution in [1.29, 1.82) is 0 Å². The molecule has 0 bridgehead atoms. The van der Waals surface area contributed by atoms with Gasteiger partial charge in [-0.1, -0.05) is 5.57 Å². The third-order valence-electron chi connectivity index (χ3n) is 7.81. The molecule has 6 rings (SSSR count). The molecule has 200 valence electrons. The maximum absolute atomic E-state index is 13.7. The highest BCUT2D eigenvalue weighted by molar-refractivity contribution is 7.89. The molecule has 0 saturated carbocycles. The van der Waals surface area contributed by atoms with Gasteiger partial charge in [0.1, 0.15) is 16.5 Å². The SMILES string of the molecule is COC[C@]12Cc3cnn(-c4ccc(F)cc4)c3C=C1CCN(S(=O)(=O)c1ccc(N3CCNCC3)nc1)C2. The number of rotatable bonds is 6. The number of piperidine rings is 1. The van der Waals surface area contributed by atoms with Gasteiger partial charge in [0.25, 0.3) is 0 Å². The Bertz CT molecular complexity index is 1450. The standard InChI is InChI=1S/C27H31FN6O3S/c1-37-19-27-15-20-16-31-34(23-4-2-22(28)3-5-23)25(20)14-21(27)8-11-33(18-27)38(35,36)24-6-7-26(30-17-24)32-12-9-29-10-13-32/h2-7,14,16-17,29H,8-13,15,18-19H2,1H3/t27-/m1/s1. The van der Waals surface area contributed by atoms with Crippen molar-refractivity contribution < 1.29 is 17.5 Å². The van der Waals surface area contributed by atoms with Gasteiger partial charge in [-0.3, -0.25) is 0 Å². The second kappa shape index (κ2) is 9.88. The molecule has 0 unspecified atom stereocenters. The number of pyridine rings is 1. The second-order valence-electron chi connectivity index (χ2n) is 10.2. The highest BCUT2D eigenvalue weighted by Gasteiger charge is 2.46. The number of fused-ring (bicyclic) bond motifs is 2. The average molecular weight is 539 g/mol. The molecule has 4 heterocycles. The summed E-state index contributed by atoms with van der Waals surface area (Å²) in [5.41, 5.74) is 3.39. The molecule has 2 aromatic heterocycles. The molecule has 9 nitrogen and oxygen atoms in total. The monoisotopic (exact) mass is 538 g/mol. The number of hydrogen-bond acceptors (Lipinski definition) is 7. The summed E-state index contributed by atoms with van der Waals surface area (Å²) in [4.78, 5) is 6.85. The van der Waals surface area contributed by atoms with E-state index in [-0.39, 0.29) is 10.7 Å². The third-order valence-corrected chi connectivity index (χ3v) is 9.64. The molecule has 0 spiro atoms. The van der Waals surface area contributed by atoms with Crippen LogP contribution in [0.4, 0.5) is 10.2 Å². The number of benzene rings is 1. The van der Waals surface area contributed by atoms with E-state index in [0.717, 1.165) is 54.5 Å². The Morgan fingerprint density at radius 1 is 1.08 bits per heavy atom. The zero-order chi connectivity index (χ0) is 26.3. The minimum absolute atomic E-state index is 0.206. The zero-order valence-corrected chi connectivity index (χ0v) is 22.1. The van der Waals surface area contributed by atoms with Gasteiger partial charge >= 0.3 is 0 Å². The molecule has 1 aliphatic carbocycles. The Morgan fingerprint density at radius 3 is 2.58 bits per heavy atom. The molecule has 1 N–H and O–H groups in total. The quantitative estimate of drug-likeness (QED) is 0.516. The molecule has 0 radical (unpaired) electrons. The molecule has 38 heavy (non-hydrogen) atoms. The molecule has 0 amide bonds. The van der Waals surface area contributed by atoms with Gasteiger partial charge in [0.05, 0.1) is 24.2 Å². The lowest BCUT2D eigenvalue weighted by Crippen LogP contribution is -2.51. The van der Waals surface area contributed by atoms with E-state index in [1.807, 2.05) is 10.9 Å². The highest BCUT2D eigenvalue weighted by Crippen LogP contribution is 2.45. The summed E-state index contributed by atoms with van der Waals surface area (Å²) in [5.74, 6) is 0.498. The average Bonchev–Trinajstić information content (AvgIpc) is 3.34. The lowest BCUT2D eigenvalue weighted by Gasteiger charge is -2.45. The third kappa shape index (κ3) is 4.43. The first-order valence-electron chi connectivity index (χ1n) is 12.8. The van der Waals surface area contributed by atoms with Crippen LogP contribution < -0.4 is 10.2 Å². The van der Waals surface area contributed by atoms with Gasteiger partial charge in [-0.15, -0.1) is 0 Å². The van der Waals surface area contributed by atoms with Crippen molar-refractivity contribution in [2.24, 2.45) is 5.41 Å². The van der Waals surface area contributed by atoms with Crippen molar-refractivity contribution in [3.05, 3.63) is 71.4 Å². The van der Waals surface area contributed by atoms with Crippen LogP contribution in [0.5, 0.6) is 0 Å². The molecule has 2 fully saturated rings. The van der Waals surface area contributed by atoms with E-state index in [1.165, 1.54) is 18.3 Å². The fourth-order valence-corrected chi connectivity index (χ4v) is 7.32. The van der Waals surface area contributed by atoms with Crippen molar-refractivity contribution in [3.8, 4) is 5.69 Å².